The van der Waals surface area contributed by atoms with E-state index < -0.39 is 9.84 Å². The molecule has 1 saturated heterocycles. The minimum Gasteiger partial charge on any atom is -0.497 e. The fraction of sp³-hybridized carbons (Fsp3) is 0.526. The van der Waals surface area contributed by atoms with Gasteiger partial charge in [0.05, 0.1) is 18.7 Å². The van der Waals surface area contributed by atoms with Crippen molar-refractivity contribution in [3.63, 3.8) is 0 Å². The number of nitrogens with zero attached hydrogens (tertiary/aromatic N) is 3. The Labute approximate surface area is 173 Å². The molecule has 0 aliphatic carbocycles. The lowest BCUT2D eigenvalue weighted by molar-refractivity contribution is -0.138. The monoisotopic (exact) mass is 437 g/mol. The van der Waals surface area contributed by atoms with Gasteiger partial charge in [-0.2, -0.15) is 0 Å². The zero-order valence-electron chi connectivity index (χ0n) is 16.3. The van der Waals surface area contributed by atoms with Crippen LogP contribution >= 0.6 is 11.5 Å². The second-order valence-electron chi connectivity index (χ2n) is 7.50. The molecule has 0 radical (unpaired) electrons. The van der Waals surface area contributed by atoms with Crippen LogP contribution in [0.3, 0.4) is 0 Å². The van der Waals surface area contributed by atoms with Crippen molar-refractivity contribution < 1.29 is 22.7 Å². The van der Waals surface area contributed by atoms with Gasteiger partial charge >= 0.3 is 0 Å². The summed E-state index contributed by atoms with van der Waals surface area (Å²) in [6, 6.07) is 5.65. The Kier molecular flexibility index (Phi) is 5.48. The van der Waals surface area contributed by atoms with Crippen molar-refractivity contribution in [3.8, 4) is 11.5 Å². The molecule has 1 aromatic carbocycles. The van der Waals surface area contributed by atoms with Crippen LogP contribution in [0.4, 0.5) is 0 Å². The lowest BCUT2D eigenvalue weighted by Crippen LogP contribution is -2.44. The summed E-state index contributed by atoms with van der Waals surface area (Å²) in [5.41, 5.74) is 1.53. The van der Waals surface area contributed by atoms with Gasteiger partial charge in [-0.3, -0.25) is 4.79 Å². The number of rotatable bonds is 4. The zero-order valence-corrected chi connectivity index (χ0v) is 18.0. The van der Waals surface area contributed by atoms with E-state index in [1.54, 1.807) is 7.11 Å². The van der Waals surface area contributed by atoms with Crippen LogP contribution in [-0.2, 0) is 21.1 Å². The van der Waals surface area contributed by atoms with Gasteiger partial charge in [0.1, 0.15) is 18.1 Å². The van der Waals surface area contributed by atoms with Gasteiger partial charge in [-0.15, -0.1) is 5.10 Å². The smallest absolute Gasteiger partial charge is 0.229 e. The Hall–Kier alpha value is -2.20. The van der Waals surface area contributed by atoms with Gasteiger partial charge in [0, 0.05) is 36.8 Å². The maximum Gasteiger partial charge on any atom is 0.229 e. The van der Waals surface area contributed by atoms with Crippen LogP contribution in [0.2, 0.25) is 0 Å². The molecule has 0 bridgehead atoms. The number of sulfone groups is 1. The molecule has 29 heavy (non-hydrogen) atoms. The fourth-order valence-corrected chi connectivity index (χ4v) is 5.72. The molecule has 2 aliphatic heterocycles. The highest BCUT2D eigenvalue weighted by Crippen LogP contribution is 2.35. The number of benzene rings is 1. The first-order valence-corrected chi connectivity index (χ1v) is 12.1. The van der Waals surface area contributed by atoms with Crippen LogP contribution in [0.1, 0.15) is 30.0 Å². The van der Waals surface area contributed by atoms with Crippen molar-refractivity contribution in [1.29, 1.82) is 0 Å². The Morgan fingerprint density at radius 1 is 1.31 bits per heavy atom. The summed E-state index contributed by atoms with van der Waals surface area (Å²) >= 11 is 0.920. The molecule has 0 unspecified atom stereocenters. The molecule has 2 aliphatic rings. The summed E-state index contributed by atoms with van der Waals surface area (Å²) in [4.78, 5) is 14.9. The Morgan fingerprint density at radius 2 is 2.07 bits per heavy atom. The molecule has 0 N–H and O–H groups in total. The number of fused-ring (bicyclic) bond motifs is 1. The predicted molar refractivity (Wildman–Crippen MR) is 107 cm³/mol. The van der Waals surface area contributed by atoms with Gasteiger partial charge in [-0.25, -0.2) is 8.42 Å². The predicted octanol–water partition coefficient (Wildman–Crippen LogP) is 1.91. The number of aromatic nitrogens is 2. The number of ether oxygens (including phenoxy) is 2. The Bertz CT molecular complexity index is 1010. The van der Waals surface area contributed by atoms with E-state index in [2.05, 4.69) is 9.59 Å². The van der Waals surface area contributed by atoms with E-state index in [0.717, 1.165) is 28.6 Å². The first-order chi connectivity index (χ1) is 13.9. The van der Waals surface area contributed by atoms with Crippen molar-refractivity contribution in [2.24, 2.45) is 5.92 Å². The third-order valence-corrected chi connectivity index (χ3v) is 8.09. The number of piperidine rings is 1. The molecule has 0 saturated carbocycles. The van der Waals surface area contributed by atoms with E-state index in [0.29, 0.717) is 44.7 Å². The molecule has 156 valence electrons. The van der Waals surface area contributed by atoms with E-state index in [4.69, 9.17) is 9.47 Å². The first kappa shape index (κ1) is 20.1. The van der Waals surface area contributed by atoms with Crippen LogP contribution in [0.15, 0.2) is 22.4 Å². The zero-order chi connectivity index (χ0) is 20.6. The summed E-state index contributed by atoms with van der Waals surface area (Å²) in [5, 5.41) is 4.06. The van der Waals surface area contributed by atoms with Crippen LogP contribution in [0.25, 0.3) is 0 Å². The SMILES string of the molecule is COc1ccc2c(c1)C[C@H](C(=O)N1CCC(c3nnsc3S(C)(=O)=O)CC1)CO2. The standard InChI is InChI=1S/C19H23N3O5S2/c1-26-15-3-4-16-13(10-15)9-14(11-27-16)18(23)22-7-5-12(6-8-22)17-19(28-21-20-17)29(2,24)25/h3-4,10,12,14H,5-9,11H2,1-2H3/t14-/m0/s1. The maximum atomic E-state index is 13.0. The normalized spacial score (nSPS) is 20.1. The van der Waals surface area contributed by atoms with Gasteiger partial charge < -0.3 is 14.4 Å². The minimum atomic E-state index is -3.33. The molecule has 3 heterocycles. The summed E-state index contributed by atoms with van der Waals surface area (Å²) in [5.74, 6) is 1.42. The van der Waals surface area contributed by atoms with Gasteiger partial charge in [0.2, 0.25) is 5.91 Å². The number of carbonyl (C=O) groups is 1. The summed E-state index contributed by atoms with van der Waals surface area (Å²) in [6.45, 7) is 1.52. The van der Waals surface area contributed by atoms with Gasteiger partial charge in [0.15, 0.2) is 14.0 Å². The minimum absolute atomic E-state index is 0.00937. The molecule has 4 rings (SSSR count). The molecule has 10 heteroatoms. The van der Waals surface area contributed by atoms with Crippen LogP contribution in [0, 0.1) is 5.92 Å². The highest BCUT2D eigenvalue weighted by molar-refractivity contribution is 7.92. The van der Waals surface area contributed by atoms with Crippen LogP contribution < -0.4 is 9.47 Å². The van der Waals surface area contributed by atoms with E-state index in [-0.39, 0.29) is 22.0 Å². The Balaban J connectivity index is 1.40. The van der Waals surface area contributed by atoms with E-state index in [9.17, 15) is 13.2 Å². The first-order valence-electron chi connectivity index (χ1n) is 9.47. The summed E-state index contributed by atoms with van der Waals surface area (Å²) in [6.07, 6.45) is 3.16. The van der Waals surface area contributed by atoms with E-state index in [1.165, 1.54) is 6.26 Å². The summed E-state index contributed by atoms with van der Waals surface area (Å²) < 4.78 is 39.0. The largest absolute Gasteiger partial charge is 0.497 e. The van der Waals surface area contributed by atoms with Crippen molar-refractivity contribution in [1.82, 2.24) is 14.5 Å². The molecule has 1 amide bonds. The topological polar surface area (TPSA) is 98.7 Å². The van der Waals surface area contributed by atoms with Gasteiger partial charge in [0.25, 0.3) is 0 Å². The van der Waals surface area contributed by atoms with Crippen molar-refractivity contribution in [2.45, 2.75) is 29.4 Å². The summed E-state index contributed by atoms with van der Waals surface area (Å²) in [7, 11) is -1.72. The van der Waals surface area contributed by atoms with Gasteiger partial charge in [-0.1, -0.05) is 4.49 Å². The lowest BCUT2D eigenvalue weighted by atomic mass is 9.91. The molecule has 0 spiro atoms. The highest BCUT2D eigenvalue weighted by atomic mass is 32.2. The van der Waals surface area contributed by atoms with Crippen molar-refractivity contribution in [3.05, 3.63) is 29.5 Å². The molecule has 1 aromatic heterocycles. The maximum absolute atomic E-state index is 13.0. The quantitative estimate of drug-likeness (QED) is 0.720. The third kappa shape index (κ3) is 4.09. The average Bonchev–Trinajstić information content (AvgIpc) is 3.23. The third-order valence-electron chi connectivity index (χ3n) is 5.53. The Morgan fingerprint density at radius 3 is 2.76 bits per heavy atom. The highest BCUT2D eigenvalue weighted by Gasteiger charge is 2.34. The van der Waals surface area contributed by atoms with Crippen LogP contribution in [-0.4, -0.2) is 61.9 Å². The molecule has 1 fully saturated rings. The van der Waals surface area contributed by atoms with E-state index >= 15 is 0 Å². The fourth-order valence-electron chi connectivity index (χ4n) is 3.98. The molecular weight excluding hydrogens is 414 g/mol. The number of likely N-dealkylation sites (tertiary alicyclic amines) is 1. The van der Waals surface area contributed by atoms with Crippen molar-refractivity contribution >= 4 is 27.3 Å². The molecule has 2 aromatic rings. The number of hydrogen-bond acceptors (Lipinski definition) is 8. The number of amides is 1. The molecule has 1 atom stereocenters. The average molecular weight is 438 g/mol. The van der Waals surface area contributed by atoms with Gasteiger partial charge in [-0.05, 0) is 43.0 Å². The molecular formula is C19H23N3O5S2. The van der Waals surface area contributed by atoms with Crippen molar-refractivity contribution in [2.75, 3.05) is 33.1 Å². The van der Waals surface area contributed by atoms with E-state index in [1.807, 2.05) is 23.1 Å². The number of methoxy groups -OCH3 is 1. The second kappa shape index (κ2) is 7.91. The molecule has 8 nitrogen and oxygen atoms in total. The number of hydrogen-bond donors (Lipinski definition) is 0. The number of carbonyl (C=O) groups excluding carboxylic acids is 1. The lowest BCUT2D eigenvalue weighted by Gasteiger charge is -2.35. The van der Waals surface area contributed by atoms with Crippen LogP contribution in [0.5, 0.6) is 11.5 Å². The second-order valence-corrected chi connectivity index (χ2v) is 10.5.